The van der Waals surface area contributed by atoms with Gasteiger partial charge in [-0.1, -0.05) is 12.1 Å². The number of benzene rings is 2. The molecule has 0 fully saturated rings. The van der Waals surface area contributed by atoms with Crippen molar-refractivity contribution >= 4 is 17.5 Å². The fourth-order valence-electron chi connectivity index (χ4n) is 4.61. The molecule has 5 rings (SSSR count). The van der Waals surface area contributed by atoms with E-state index in [0.717, 1.165) is 18.4 Å². The van der Waals surface area contributed by atoms with E-state index >= 15 is 0 Å². The summed E-state index contributed by atoms with van der Waals surface area (Å²) in [4.78, 5) is 24.7. The first-order chi connectivity index (χ1) is 16.8. The van der Waals surface area contributed by atoms with Gasteiger partial charge in [0.15, 0.2) is 5.69 Å². The number of aromatic nitrogens is 2. The number of rotatable bonds is 6. The molecule has 1 aliphatic carbocycles. The lowest BCUT2D eigenvalue weighted by Crippen LogP contribution is -2.17. The van der Waals surface area contributed by atoms with Crippen molar-refractivity contribution in [3.63, 3.8) is 0 Å². The molecule has 0 atom stereocenters. The number of carbonyl (C=O) groups is 2. The van der Waals surface area contributed by atoms with Gasteiger partial charge in [0.2, 0.25) is 0 Å². The number of alkyl halides is 3. The molecule has 0 unspecified atom stereocenters. The van der Waals surface area contributed by atoms with Crippen LogP contribution in [0.3, 0.4) is 0 Å². The maximum absolute atomic E-state index is 13.3. The molecule has 1 aliphatic heterocycles. The predicted octanol–water partition coefficient (Wildman–Crippen LogP) is 4.36. The highest BCUT2D eigenvalue weighted by Gasteiger charge is 2.39. The quantitative estimate of drug-likeness (QED) is 0.545. The van der Waals surface area contributed by atoms with Crippen molar-refractivity contribution < 1.29 is 27.5 Å². The highest BCUT2D eigenvalue weighted by Crippen LogP contribution is 2.35. The minimum absolute atomic E-state index is 0.141. The molecule has 2 heterocycles. The Hall–Kier alpha value is -3.82. The predicted molar refractivity (Wildman–Crippen MR) is 121 cm³/mol. The number of anilines is 1. The number of nitrogens with one attached hydrogen (secondary N) is 2. The average Bonchev–Trinajstić information content (AvgIpc) is 3.41. The van der Waals surface area contributed by atoms with Crippen LogP contribution in [0.1, 0.15) is 56.1 Å². The van der Waals surface area contributed by atoms with Gasteiger partial charge in [0.25, 0.3) is 11.8 Å². The molecule has 0 bridgehead atoms. The van der Waals surface area contributed by atoms with Crippen LogP contribution in [0.15, 0.2) is 42.5 Å². The number of nitrogens with zero attached hydrogens (tertiary/aromatic N) is 2. The second-order valence-electron chi connectivity index (χ2n) is 8.55. The van der Waals surface area contributed by atoms with Crippen molar-refractivity contribution in [1.82, 2.24) is 15.1 Å². The minimum Gasteiger partial charge on any atom is -0.492 e. The second-order valence-corrected chi connectivity index (χ2v) is 8.55. The second kappa shape index (κ2) is 9.09. The molecule has 0 saturated carbocycles. The summed E-state index contributed by atoms with van der Waals surface area (Å²) in [7, 11) is 0. The lowest BCUT2D eigenvalue weighted by Gasteiger charge is -2.15. The highest BCUT2D eigenvalue weighted by atomic mass is 19.4. The Kier molecular flexibility index (Phi) is 5.96. The van der Waals surface area contributed by atoms with Crippen molar-refractivity contribution in [3.8, 4) is 5.75 Å². The molecule has 0 saturated heterocycles. The van der Waals surface area contributed by atoms with Crippen LogP contribution in [-0.2, 0) is 32.1 Å². The van der Waals surface area contributed by atoms with Crippen LogP contribution in [0, 0.1) is 0 Å². The molecule has 35 heavy (non-hydrogen) atoms. The molecule has 182 valence electrons. The molecule has 10 heteroatoms. The van der Waals surface area contributed by atoms with E-state index in [-0.39, 0.29) is 25.0 Å². The van der Waals surface area contributed by atoms with Crippen molar-refractivity contribution in [2.45, 2.75) is 44.9 Å². The number of ether oxygens (including phenoxy) is 1. The smallest absolute Gasteiger partial charge is 0.435 e. The summed E-state index contributed by atoms with van der Waals surface area (Å²) in [5, 5.41) is 9.34. The summed E-state index contributed by atoms with van der Waals surface area (Å²) in [6.45, 7) is 0.771. The van der Waals surface area contributed by atoms with Gasteiger partial charge in [0.05, 0.1) is 17.8 Å². The molecule has 1 aromatic heterocycles. The van der Waals surface area contributed by atoms with E-state index in [2.05, 4.69) is 15.7 Å². The summed E-state index contributed by atoms with van der Waals surface area (Å²) in [6.07, 6.45) is -1.91. The third kappa shape index (κ3) is 4.60. The van der Waals surface area contributed by atoms with Gasteiger partial charge in [0.1, 0.15) is 12.4 Å². The van der Waals surface area contributed by atoms with Crippen LogP contribution in [0.5, 0.6) is 5.75 Å². The fraction of sp³-hybridized carbons (Fsp3) is 0.320. The number of hydrogen-bond acceptors (Lipinski definition) is 4. The van der Waals surface area contributed by atoms with Crippen LogP contribution in [0.25, 0.3) is 0 Å². The van der Waals surface area contributed by atoms with Gasteiger partial charge in [-0.25, -0.2) is 0 Å². The SMILES string of the molecule is O=C(Nc1cccc2c1C(=O)NC2)c1ccc(OCCn2nc(C(F)(F)F)c3c2CCCC3)cc1. The first-order valence-corrected chi connectivity index (χ1v) is 11.4. The van der Waals surface area contributed by atoms with Gasteiger partial charge in [-0.15, -0.1) is 0 Å². The van der Waals surface area contributed by atoms with Gasteiger partial charge in [-0.2, -0.15) is 18.3 Å². The molecule has 3 aromatic rings. The zero-order valence-corrected chi connectivity index (χ0v) is 18.7. The molecule has 0 spiro atoms. The molecule has 7 nitrogen and oxygen atoms in total. The number of halogens is 3. The number of fused-ring (bicyclic) bond motifs is 2. The maximum atomic E-state index is 13.3. The monoisotopic (exact) mass is 484 g/mol. The van der Waals surface area contributed by atoms with Gasteiger partial charge >= 0.3 is 6.18 Å². The van der Waals surface area contributed by atoms with E-state index in [1.165, 1.54) is 4.68 Å². The van der Waals surface area contributed by atoms with Gasteiger partial charge < -0.3 is 15.4 Å². The molecular formula is C25H23F3N4O3. The largest absolute Gasteiger partial charge is 0.492 e. The Bertz CT molecular complexity index is 1280. The van der Waals surface area contributed by atoms with Crippen molar-refractivity contribution in [3.05, 3.63) is 76.1 Å². The summed E-state index contributed by atoms with van der Waals surface area (Å²) in [6, 6.07) is 11.7. The Labute approximate surface area is 199 Å². The Morgan fingerprint density at radius 2 is 1.89 bits per heavy atom. The number of carbonyl (C=O) groups excluding carboxylic acids is 2. The summed E-state index contributed by atoms with van der Waals surface area (Å²) in [5.41, 5.74) is 2.28. The standard InChI is InChI=1S/C25H23F3N4O3/c26-25(27,28)22-18-5-1-2-7-20(18)32(31-22)12-13-35-17-10-8-15(9-11-17)23(33)30-19-6-3-4-16-14-29-24(34)21(16)19/h3-4,6,8-11H,1-2,5,7,12-14H2,(H,29,34)(H,30,33). The lowest BCUT2D eigenvalue weighted by molar-refractivity contribution is -0.142. The third-order valence-corrected chi connectivity index (χ3v) is 6.28. The zero-order valence-electron chi connectivity index (χ0n) is 18.7. The first kappa shape index (κ1) is 22.9. The number of amides is 2. The van der Waals surface area contributed by atoms with Crippen LogP contribution >= 0.6 is 0 Å². The zero-order chi connectivity index (χ0) is 24.6. The van der Waals surface area contributed by atoms with Crippen molar-refractivity contribution in [2.75, 3.05) is 11.9 Å². The van der Waals surface area contributed by atoms with Crippen LogP contribution in [-0.4, -0.2) is 28.2 Å². The molecular weight excluding hydrogens is 461 g/mol. The lowest BCUT2D eigenvalue weighted by atomic mass is 9.95. The Morgan fingerprint density at radius 1 is 1.11 bits per heavy atom. The Morgan fingerprint density at radius 3 is 2.66 bits per heavy atom. The topological polar surface area (TPSA) is 85.3 Å². The molecule has 2 amide bonds. The maximum Gasteiger partial charge on any atom is 0.435 e. The summed E-state index contributed by atoms with van der Waals surface area (Å²) >= 11 is 0. The third-order valence-electron chi connectivity index (χ3n) is 6.28. The van der Waals surface area contributed by atoms with Crippen LogP contribution in [0.2, 0.25) is 0 Å². The average molecular weight is 484 g/mol. The Balaban J connectivity index is 1.21. The summed E-state index contributed by atoms with van der Waals surface area (Å²) in [5.74, 6) is -0.105. The fourth-order valence-corrected chi connectivity index (χ4v) is 4.61. The van der Waals surface area contributed by atoms with E-state index in [1.807, 2.05) is 6.07 Å². The number of hydrogen-bond donors (Lipinski definition) is 2. The minimum atomic E-state index is -4.46. The highest BCUT2D eigenvalue weighted by molar-refractivity contribution is 6.10. The van der Waals surface area contributed by atoms with Crippen LogP contribution in [0.4, 0.5) is 18.9 Å². The van der Waals surface area contributed by atoms with Crippen molar-refractivity contribution in [2.24, 2.45) is 0 Å². The molecule has 2 aliphatic rings. The van der Waals surface area contributed by atoms with E-state index in [1.54, 1.807) is 36.4 Å². The first-order valence-electron chi connectivity index (χ1n) is 11.4. The summed E-state index contributed by atoms with van der Waals surface area (Å²) < 4.78 is 47.1. The van der Waals surface area contributed by atoms with E-state index in [4.69, 9.17) is 4.74 Å². The van der Waals surface area contributed by atoms with E-state index in [0.29, 0.717) is 53.2 Å². The van der Waals surface area contributed by atoms with Gasteiger partial charge in [0, 0.05) is 23.4 Å². The van der Waals surface area contributed by atoms with Crippen LogP contribution < -0.4 is 15.4 Å². The normalized spacial score (nSPS) is 14.8. The molecule has 0 radical (unpaired) electrons. The van der Waals surface area contributed by atoms with Crippen molar-refractivity contribution in [1.29, 1.82) is 0 Å². The molecule has 2 aromatic carbocycles. The van der Waals surface area contributed by atoms with E-state index < -0.39 is 11.9 Å². The van der Waals surface area contributed by atoms with E-state index in [9.17, 15) is 22.8 Å². The van der Waals surface area contributed by atoms with Gasteiger partial charge in [-0.05, 0) is 61.6 Å². The van der Waals surface area contributed by atoms with Gasteiger partial charge in [-0.3, -0.25) is 14.3 Å². The molecule has 2 N–H and O–H groups in total.